The second kappa shape index (κ2) is 9.98. The fourth-order valence-electron chi connectivity index (χ4n) is 3.16. The molecule has 0 atom stereocenters. The average Bonchev–Trinajstić information content (AvgIpc) is 2.82. The highest BCUT2D eigenvalue weighted by Crippen LogP contribution is 2.33. The van der Waals surface area contributed by atoms with Crippen molar-refractivity contribution in [3.8, 4) is 22.9 Å². The van der Waals surface area contributed by atoms with E-state index in [4.69, 9.17) is 21.1 Å². The molecule has 0 aliphatic heterocycles. The number of pyridine rings is 1. The van der Waals surface area contributed by atoms with Crippen molar-refractivity contribution < 1.29 is 19.4 Å². The predicted molar refractivity (Wildman–Crippen MR) is 123 cm³/mol. The molecule has 32 heavy (non-hydrogen) atoms. The van der Waals surface area contributed by atoms with Crippen LogP contribution in [0, 0.1) is 0 Å². The van der Waals surface area contributed by atoms with Crippen LogP contribution in [-0.4, -0.2) is 16.1 Å². The molecule has 4 rings (SSSR count). The summed E-state index contributed by atoms with van der Waals surface area (Å²) in [5.74, 6) is -0.324. The average molecular weight is 446 g/mol. The van der Waals surface area contributed by atoms with E-state index in [0.717, 1.165) is 11.1 Å². The number of halogens is 1. The van der Waals surface area contributed by atoms with Crippen LogP contribution in [-0.2, 0) is 13.2 Å². The minimum atomic E-state index is -1.06. The minimum absolute atomic E-state index is 0.0888. The lowest BCUT2D eigenvalue weighted by Crippen LogP contribution is -2.03. The third-order valence-electron chi connectivity index (χ3n) is 4.74. The van der Waals surface area contributed by atoms with Crippen molar-refractivity contribution in [2.24, 2.45) is 0 Å². The fraction of sp³-hybridized carbons (Fsp3) is 0.0769. The first-order valence-corrected chi connectivity index (χ1v) is 10.3. The van der Waals surface area contributed by atoms with E-state index >= 15 is 0 Å². The number of hydrogen-bond acceptors (Lipinski definition) is 4. The highest BCUT2D eigenvalue weighted by molar-refractivity contribution is 6.31. The van der Waals surface area contributed by atoms with Crippen LogP contribution in [0.5, 0.6) is 11.8 Å². The number of rotatable bonds is 8. The van der Waals surface area contributed by atoms with Crippen LogP contribution in [0.15, 0.2) is 91.0 Å². The number of carbonyl (C=O) groups is 1. The van der Waals surface area contributed by atoms with Crippen molar-refractivity contribution in [1.29, 1.82) is 0 Å². The maximum Gasteiger partial charge on any atom is 0.335 e. The summed E-state index contributed by atoms with van der Waals surface area (Å²) in [6.45, 7) is 0.668. The van der Waals surface area contributed by atoms with Gasteiger partial charge in [0.1, 0.15) is 13.2 Å². The van der Waals surface area contributed by atoms with Gasteiger partial charge in [0.25, 0.3) is 0 Å². The molecule has 0 fully saturated rings. The van der Waals surface area contributed by atoms with Gasteiger partial charge in [-0.1, -0.05) is 72.3 Å². The molecule has 0 amide bonds. The van der Waals surface area contributed by atoms with Gasteiger partial charge in [-0.05, 0) is 41.0 Å². The molecule has 1 aromatic heterocycles. The molecule has 0 spiro atoms. The Morgan fingerprint density at radius 3 is 2.06 bits per heavy atom. The van der Waals surface area contributed by atoms with Crippen LogP contribution in [0.1, 0.15) is 21.5 Å². The smallest absolute Gasteiger partial charge is 0.335 e. The monoisotopic (exact) mass is 445 g/mol. The van der Waals surface area contributed by atoms with Gasteiger partial charge in [-0.3, -0.25) is 0 Å². The van der Waals surface area contributed by atoms with Gasteiger partial charge >= 0.3 is 5.97 Å². The van der Waals surface area contributed by atoms with Crippen molar-refractivity contribution in [3.63, 3.8) is 0 Å². The zero-order chi connectivity index (χ0) is 22.3. The topological polar surface area (TPSA) is 68.7 Å². The van der Waals surface area contributed by atoms with Crippen molar-refractivity contribution in [2.75, 3.05) is 0 Å². The van der Waals surface area contributed by atoms with Gasteiger partial charge in [0.2, 0.25) is 11.8 Å². The summed E-state index contributed by atoms with van der Waals surface area (Å²) < 4.78 is 11.9. The van der Waals surface area contributed by atoms with Gasteiger partial charge in [0.15, 0.2) is 0 Å². The molecule has 0 unspecified atom stereocenters. The van der Waals surface area contributed by atoms with Gasteiger partial charge < -0.3 is 14.6 Å². The summed E-state index contributed by atoms with van der Waals surface area (Å²) in [7, 11) is 0. The molecule has 0 aliphatic rings. The summed E-state index contributed by atoms with van der Waals surface area (Å²) in [4.78, 5) is 16.0. The Labute approximate surface area is 190 Å². The van der Waals surface area contributed by atoms with Crippen molar-refractivity contribution >= 4 is 17.6 Å². The van der Waals surface area contributed by atoms with Gasteiger partial charge in [0, 0.05) is 16.7 Å². The number of hydrogen-bond donors (Lipinski definition) is 1. The SMILES string of the molecule is O=C(O)c1cc(Cl)cc(-c2ccc(OCc3ccccc3)nc2OCc2ccccc2)c1. The molecule has 160 valence electrons. The Kier molecular flexibility index (Phi) is 6.68. The largest absolute Gasteiger partial charge is 0.478 e. The molecule has 1 N–H and O–H groups in total. The highest BCUT2D eigenvalue weighted by atomic mass is 35.5. The summed E-state index contributed by atoms with van der Waals surface area (Å²) >= 11 is 6.17. The molecule has 1 heterocycles. The first kappa shape index (κ1) is 21.4. The summed E-state index contributed by atoms with van der Waals surface area (Å²) in [6, 6.07) is 27.7. The molecule has 0 saturated heterocycles. The number of aromatic nitrogens is 1. The van der Waals surface area contributed by atoms with E-state index in [1.165, 1.54) is 6.07 Å². The third-order valence-corrected chi connectivity index (χ3v) is 4.96. The number of carboxylic acids is 1. The second-order valence-electron chi connectivity index (χ2n) is 7.08. The van der Waals surface area contributed by atoms with Crippen LogP contribution >= 0.6 is 11.6 Å². The lowest BCUT2D eigenvalue weighted by Gasteiger charge is -2.14. The van der Waals surface area contributed by atoms with Gasteiger partial charge in [-0.15, -0.1) is 0 Å². The highest BCUT2D eigenvalue weighted by Gasteiger charge is 2.15. The Morgan fingerprint density at radius 2 is 1.44 bits per heavy atom. The summed E-state index contributed by atoms with van der Waals surface area (Å²) in [6.07, 6.45) is 0. The molecular formula is C26H20ClNO4. The molecule has 4 aromatic rings. The first-order valence-electron chi connectivity index (χ1n) is 9.97. The molecule has 0 aliphatic carbocycles. The van der Waals surface area contributed by atoms with E-state index < -0.39 is 5.97 Å². The molecule has 5 nitrogen and oxygen atoms in total. The Balaban J connectivity index is 1.66. The zero-order valence-corrected chi connectivity index (χ0v) is 17.8. The molecule has 0 saturated carbocycles. The Bertz CT molecular complexity index is 1210. The van der Waals surface area contributed by atoms with Crippen molar-refractivity contribution in [1.82, 2.24) is 4.98 Å². The molecule has 0 bridgehead atoms. The number of nitrogens with zero attached hydrogens (tertiary/aromatic N) is 1. The predicted octanol–water partition coefficient (Wildman–Crippen LogP) is 6.26. The number of aromatic carboxylic acids is 1. The van der Waals surface area contributed by atoms with Crippen LogP contribution in [0.2, 0.25) is 5.02 Å². The summed E-state index contributed by atoms with van der Waals surface area (Å²) in [5, 5.41) is 9.72. The van der Waals surface area contributed by atoms with E-state index in [-0.39, 0.29) is 5.56 Å². The zero-order valence-electron chi connectivity index (χ0n) is 17.1. The van der Waals surface area contributed by atoms with Gasteiger partial charge in [-0.2, -0.15) is 4.98 Å². The van der Waals surface area contributed by atoms with Gasteiger partial charge in [-0.25, -0.2) is 4.79 Å². The molecule has 0 radical (unpaired) electrons. The fourth-order valence-corrected chi connectivity index (χ4v) is 3.39. The van der Waals surface area contributed by atoms with Crippen molar-refractivity contribution in [3.05, 3.63) is 113 Å². The minimum Gasteiger partial charge on any atom is -0.478 e. The van der Waals surface area contributed by atoms with E-state index in [9.17, 15) is 9.90 Å². The lowest BCUT2D eigenvalue weighted by molar-refractivity contribution is 0.0697. The number of carboxylic acid groups (broad SMARTS) is 1. The van der Waals surface area contributed by atoms with E-state index in [2.05, 4.69) is 4.98 Å². The van der Waals surface area contributed by atoms with E-state index in [0.29, 0.717) is 41.1 Å². The van der Waals surface area contributed by atoms with Crippen LogP contribution < -0.4 is 9.47 Å². The van der Waals surface area contributed by atoms with E-state index in [1.54, 1.807) is 24.3 Å². The number of benzene rings is 3. The maximum atomic E-state index is 11.5. The second-order valence-corrected chi connectivity index (χ2v) is 7.52. The van der Waals surface area contributed by atoms with E-state index in [1.807, 2.05) is 60.7 Å². The number of ether oxygens (including phenoxy) is 2. The Hall–Kier alpha value is -3.83. The van der Waals surface area contributed by atoms with Gasteiger partial charge in [0.05, 0.1) is 5.56 Å². The molecule has 3 aromatic carbocycles. The Morgan fingerprint density at radius 1 is 0.812 bits per heavy atom. The van der Waals surface area contributed by atoms with Crippen LogP contribution in [0.4, 0.5) is 0 Å². The quantitative estimate of drug-likeness (QED) is 0.346. The van der Waals surface area contributed by atoms with Crippen LogP contribution in [0.3, 0.4) is 0 Å². The standard InChI is InChI=1S/C26H20ClNO4/c27-22-14-20(13-21(15-22)26(29)30)23-11-12-24(31-16-18-7-3-1-4-8-18)28-25(23)32-17-19-9-5-2-6-10-19/h1-15H,16-17H2,(H,29,30). The molecule has 6 heteroatoms. The normalized spacial score (nSPS) is 10.5. The summed E-state index contributed by atoms with van der Waals surface area (Å²) in [5.41, 5.74) is 3.31. The maximum absolute atomic E-state index is 11.5. The lowest BCUT2D eigenvalue weighted by atomic mass is 10.0. The first-order chi connectivity index (χ1) is 15.6. The van der Waals surface area contributed by atoms with Crippen LogP contribution in [0.25, 0.3) is 11.1 Å². The third kappa shape index (κ3) is 5.45. The molecular weight excluding hydrogens is 426 g/mol. The van der Waals surface area contributed by atoms with Crippen molar-refractivity contribution in [2.45, 2.75) is 13.2 Å².